The summed E-state index contributed by atoms with van der Waals surface area (Å²) in [5, 5.41) is 4.42. The van der Waals surface area contributed by atoms with Gasteiger partial charge in [-0.3, -0.25) is 4.79 Å². The Hall–Kier alpha value is -1.90. The van der Waals surface area contributed by atoms with Gasteiger partial charge in [-0.2, -0.15) is 5.10 Å². The molecule has 0 radical (unpaired) electrons. The van der Waals surface area contributed by atoms with Crippen LogP contribution in [-0.2, 0) is 0 Å². The summed E-state index contributed by atoms with van der Waals surface area (Å²) in [6.45, 7) is 8.28. The van der Waals surface area contributed by atoms with Gasteiger partial charge in [-0.25, -0.2) is 4.68 Å². The first-order valence-corrected chi connectivity index (χ1v) is 6.72. The maximum absolute atomic E-state index is 12.4. The SMILES string of the molecule is CCC(C)c1c(C)nn(C(=O)c2ccccc2)c1C. The van der Waals surface area contributed by atoms with Gasteiger partial charge in [0.2, 0.25) is 0 Å². The van der Waals surface area contributed by atoms with Crippen LogP contribution in [0.1, 0.15) is 53.5 Å². The van der Waals surface area contributed by atoms with Crippen LogP contribution < -0.4 is 0 Å². The molecule has 0 spiro atoms. The molecule has 0 fully saturated rings. The molecule has 0 saturated heterocycles. The molecule has 3 heteroatoms. The molecule has 0 aliphatic rings. The van der Waals surface area contributed by atoms with Crippen molar-refractivity contribution in [2.75, 3.05) is 0 Å². The van der Waals surface area contributed by atoms with Crippen LogP contribution in [0.2, 0.25) is 0 Å². The Morgan fingerprint density at radius 2 is 1.89 bits per heavy atom. The molecule has 2 rings (SSSR count). The van der Waals surface area contributed by atoms with Gasteiger partial charge in [0.05, 0.1) is 5.69 Å². The second-order valence-corrected chi connectivity index (χ2v) is 4.98. The number of benzene rings is 1. The summed E-state index contributed by atoms with van der Waals surface area (Å²) in [5.74, 6) is 0.369. The van der Waals surface area contributed by atoms with E-state index >= 15 is 0 Å². The van der Waals surface area contributed by atoms with Crippen LogP contribution in [0.15, 0.2) is 30.3 Å². The van der Waals surface area contributed by atoms with E-state index in [1.165, 1.54) is 10.2 Å². The lowest BCUT2D eigenvalue weighted by atomic mass is 9.97. The second kappa shape index (κ2) is 5.39. The minimum atomic E-state index is -0.0595. The van der Waals surface area contributed by atoms with Crippen LogP contribution in [0.4, 0.5) is 0 Å². The predicted molar refractivity (Wildman–Crippen MR) is 76.6 cm³/mol. The van der Waals surface area contributed by atoms with E-state index < -0.39 is 0 Å². The van der Waals surface area contributed by atoms with Gasteiger partial charge in [-0.15, -0.1) is 0 Å². The van der Waals surface area contributed by atoms with E-state index in [9.17, 15) is 4.79 Å². The lowest BCUT2D eigenvalue weighted by molar-refractivity contribution is 0.0942. The van der Waals surface area contributed by atoms with Gasteiger partial charge in [0, 0.05) is 11.3 Å². The van der Waals surface area contributed by atoms with Gasteiger partial charge in [0.25, 0.3) is 5.91 Å². The monoisotopic (exact) mass is 256 g/mol. The first-order valence-electron chi connectivity index (χ1n) is 6.72. The van der Waals surface area contributed by atoms with Crippen molar-refractivity contribution in [2.24, 2.45) is 0 Å². The quantitative estimate of drug-likeness (QED) is 0.839. The highest BCUT2D eigenvalue weighted by molar-refractivity contribution is 5.95. The van der Waals surface area contributed by atoms with Crippen molar-refractivity contribution in [1.29, 1.82) is 0 Å². The number of hydrogen-bond donors (Lipinski definition) is 0. The van der Waals surface area contributed by atoms with E-state index in [1.807, 2.05) is 44.2 Å². The summed E-state index contributed by atoms with van der Waals surface area (Å²) in [6.07, 6.45) is 1.05. The summed E-state index contributed by atoms with van der Waals surface area (Å²) >= 11 is 0. The average Bonchev–Trinajstić information content (AvgIpc) is 2.73. The molecular weight excluding hydrogens is 236 g/mol. The molecule has 100 valence electrons. The van der Waals surface area contributed by atoms with E-state index in [2.05, 4.69) is 18.9 Å². The van der Waals surface area contributed by atoms with Crippen LogP contribution in [0, 0.1) is 13.8 Å². The molecule has 1 heterocycles. The zero-order valence-electron chi connectivity index (χ0n) is 12.0. The van der Waals surface area contributed by atoms with Crippen molar-refractivity contribution in [1.82, 2.24) is 9.78 Å². The van der Waals surface area contributed by atoms with Crippen LogP contribution in [-0.4, -0.2) is 15.7 Å². The topological polar surface area (TPSA) is 34.9 Å². The first-order chi connectivity index (χ1) is 9.06. The molecule has 0 aliphatic carbocycles. The fraction of sp³-hybridized carbons (Fsp3) is 0.375. The fourth-order valence-corrected chi connectivity index (χ4v) is 2.47. The minimum absolute atomic E-state index is 0.0595. The zero-order valence-corrected chi connectivity index (χ0v) is 12.0. The predicted octanol–water partition coefficient (Wildman–Crippen LogP) is 3.70. The van der Waals surface area contributed by atoms with Gasteiger partial charge >= 0.3 is 0 Å². The van der Waals surface area contributed by atoms with Crippen LogP contribution in [0.3, 0.4) is 0 Å². The first kappa shape index (κ1) is 13.5. The Kier molecular flexibility index (Phi) is 3.84. The molecule has 0 bridgehead atoms. The lowest BCUT2D eigenvalue weighted by Gasteiger charge is -2.09. The minimum Gasteiger partial charge on any atom is -0.267 e. The van der Waals surface area contributed by atoms with E-state index in [0.29, 0.717) is 11.5 Å². The normalized spacial score (nSPS) is 12.4. The maximum Gasteiger partial charge on any atom is 0.278 e. The van der Waals surface area contributed by atoms with Crippen molar-refractivity contribution < 1.29 is 4.79 Å². The Balaban J connectivity index is 2.45. The van der Waals surface area contributed by atoms with Gasteiger partial charge < -0.3 is 0 Å². The van der Waals surface area contributed by atoms with E-state index in [0.717, 1.165) is 17.8 Å². The Morgan fingerprint density at radius 1 is 1.26 bits per heavy atom. The summed E-state index contributed by atoms with van der Waals surface area (Å²) in [6, 6.07) is 9.29. The highest BCUT2D eigenvalue weighted by Gasteiger charge is 2.20. The molecular formula is C16H20N2O. The highest BCUT2D eigenvalue weighted by Crippen LogP contribution is 2.25. The molecule has 19 heavy (non-hydrogen) atoms. The summed E-state index contributed by atoms with van der Waals surface area (Å²) in [7, 11) is 0. The number of carbonyl (C=O) groups excluding carboxylic acids is 1. The van der Waals surface area contributed by atoms with E-state index in [1.54, 1.807) is 0 Å². The van der Waals surface area contributed by atoms with Gasteiger partial charge in [0.15, 0.2) is 0 Å². The number of nitrogens with zero attached hydrogens (tertiary/aromatic N) is 2. The molecule has 1 aromatic heterocycles. The molecule has 3 nitrogen and oxygen atoms in total. The van der Waals surface area contributed by atoms with Crippen LogP contribution in [0.25, 0.3) is 0 Å². The molecule has 1 aromatic carbocycles. The van der Waals surface area contributed by atoms with Crippen molar-refractivity contribution in [2.45, 2.75) is 40.0 Å². The van der Waals surface area contributed by atoms with Gasteiger partial charge in [0.1, 0.15) is 0 Å². The van der Waals surface area contributed by atoms with Gasteiger partial charge in [-0.05, 0) is 43.9 Å². The van der Waals surface area contributed by atoms with Crippen molar-refractivity contribution >= 4 is 5.91 Å². The third kappa shape index (κ3) is 2.46. The van der Waals surface area contributed by atoms with Crippen LogP contribution >= 0.6 is 0 Å². The Labute approximate surface area is 114 Å². The van der Waals surface area contributed by atoms with E-state index in [-0.39, 0.29) is 5.91 Å². The van der Waals surface area contributed by atoms with E-state index in [4.69, 9.17) is 0 Å². The number of rotatable bonds is 3. The van der Waals surface area contributed by atoms with Crippen molar-refractivity contribution in [3.8, 4) is 0 Å². The second-order valence-electron chi connectivity index (χ2n) is 4.98. The Bertz CT molecular complexity index is 584. The number of aryl methyl sites for hydroxylation is 1. The Morgan fingerprint density at radius 3 is 2.47 bits per heavy atom. The smallest absolute Gasteiger partial charge is 0.267 e. The molecule has 0 aliphatic heterocycles. The third-order valence-corrected chi connectivity index (χ3v) is 3.67. The molecule has 0 saturated carbocycles. The maximum atomic E-state index is 12.4. The average molecular weight is 256 g/mol. The van der Waals surface area contributed by atoms with Crippen molar-refractivity contribution in [3.63, 3.8) is 0 Å². The molecule has 0 amide bonds. The number of hydrogen-bond acceptors (Lipinski definition) is 2. The molecule has 1 atom stereocenters. The largest absolute Gasteiger partial charge is 0.278 e. The summed E-state index contributed by atoms with van der Waals surface area (Å²) in [4.78, 5) is 12.4. The summed E-state index contributed by atoms with van der Waals surface area (Å²) < 4.78 is 1.53. The molecule has 1 unspecified atom stereocenters. The van der Waals surface area contributed by atoms with Gasteiger partial charge in [-0.1, -0.05) is 32.0 Å². The zero-order chi connectivity index (χ0) is 14.0. The van der Waals surface area contributed by atoms with Crippen molar-refractivity contribution in [3.05, 3.63) is 52.8 Å². The molecule has 2 aromatic rings. The number of carbonyl (C=O) groups is 1. The highest BCUT2D eigenvalue weighted by atomic mass is 16.2. The summed E-state index contributed by atoms with van der Waals surface area (Å²) in [5.41, 5.74) is 3.78. The van der Waals surface area contributed by atoms with Crippen LogP contribution in [0.5, 0.6) is 0 Å². The standard InChI is InChI=1S/C16H20N2O/c1-5-11(2)15-12(3)17-18(13(15)4)16(19)14-9-7-6-8-10-14/h6-11H,5H2,1-4H3. The third-order valence-electron chi connectivity index (χ3n) is 3.67. The lowest BCUT2D eigenvalue weighted by Crippen LogP contribution is -2.15. The molecule has 0 N–H and O–H groups in total. The number of aromatic nitrogens is 2. The fourth-order valence-electron chi connectivity index (χ4n) is 2.47.